The van der Waals surface area contributed by atoms with Gasteiger partial charge in [-0.15, -0.1) is 11.3 Å². The highest BCUT2D eigenvalue weighted by atomic mass is 32.1. The molecule has 96 valence electrons. The van der Waals surface area contributed by atoms with Gasteiger partial charge in [0.15, 0.2) is 23.3 Å². The van der Waals surface area contributed by atoms with E-state index in [1.54, 1.807) is 18.4 Å². The molecule has 18 heavy (non-hydrogen) atoms. The maximum absolute atomic E-state index is 13.4. The van der Waals surface area contributed by atoms with E-state index in [1.807, 2.05) is 17.5 Å². The van der Waals surface area contributed by atoms with Crippen LogP contribution in [0, 0.1) is 11.6 Å². The molecule has 2 heterocycles. The Kier molecular flexibility index (Phi) is 4.09. The number of nitrogens with one attached hydrogen (secondary N) is 2. The quantitative estimate of drug-likeness (QED) is 0.875. The lowest BCUT2D eigenvalue weighted by Crippen LogP contribution is -2.09. The molecule has 0 unspecified atom stereocenters. The van der Waals surface area contributed by atoms with Crippen LogP contribution in [0.3, 0.4) is 0 Å². The van der Waals surface area contributed by atoms with Crippen LogP contribution < -0.4 is 10.6 Å². The van der Waals surface area contributed by atoms with E-state index in [-0.39, 0.29) is 11.6 Å². The molecular formula is C12H13F2N3S. The van der Waals surface area contributed by atoms with E-state index in [0.29, 0.717) is 6.54 Å². The molecule has 0 radical (unpaired) electrons. The lowest BCUT2D eigenvalue weighted by molar-refractivity contribution is 0.578. The number of anilines is 2. The second-order valence-corrected chi connectivity index (χ2v) is 4.69. The molecule has 0 aliphatic carbocycles. The molecule has 0 spiro atoms. The minimum absolute atomic E-state index is 0.0371. The Morgan fingerprint density at radius 2 is 2.06 bits per heavy atom. The van der Waals surface area contributed by atoms with Crippen LogP contribution in [0.2, 0.25) is 0 Å². The molecule has 0 aliphatic rings. The largest absolute Gasteiger partial charge is 0.371 e. The smallest absolute Gasteiger partial charge is 0.168 e. The second kappa shape index (κ2) is 5.77. The Balaban J connectivity index is 2.00. The summed E-state index contributed by atoms with van der Waals surface area (Å²) >= 11 is 1.65. The lowest BCUT2D eigenvalue weighted by Gasteiger charge is -2.08. The van der Waals surface area contributed by atoms with Crippen LogP contribution in [-0.4, -0.2) is 18.6 Å². The van der Waals surface area contributed by atoms with Crippen LogP contribution in [0.5, 0.6) is 0 Å². The van der Waals surface area contributed by atoms with Gasteiger partial charge in [-0.3, -0.25) is 0 Å². The molecule has 0 atom stereocenters. The second-order valence-electron chi connectivity index (χ2n) is 3.66. The normalized spacial score (nSPS) is 10.4. The lowest BCUT2D eigenvalue weighted by atomic mass is 10.3. The van der Waals surface area contributed by atoms with Gasteiger partial charge in [-0.25, -0.2) is 13.8 Å². The Bertz CT molecular complexity index is 514. The maximum Gasteiger partial charge on any atom is 0.168 e. The molecule has 0 fully saturated rings. The van der Waals surface area contributed by atoms with Gasteiger partial charge in [-0.2, -0.15) is 0 Å². The molecule has 2 N–H and O–H groups in total. The zero-order valence-electron chi connectivity index (χ0n) is 9.84. The molecule has 3 nitrogen and oxygen atoms in total. The summed E-state index contributed by atoms with van der Waals surface area (Å²) in [4.78, 5) is 5.05. The third-order valence-electron chi connectivity index (χ3n) is 2.41. The fourth-order valence-corrected chi connectivity index (χ4v) is 2.23. The summed E-state index contributed by atoms with van der Waals surface area (Å²) in [7, 11) is 1.54. The fourth-order valence-electron chi connectivity index (χ4n) is 1.52. The van der Waals surface area contributed by atoms with E-state index in [1.165, 1.54) is 4.88 Å². The van der Waals surface area contributed by atoms with Crippen LogP contribution in [-0.2, 0) is 6.42 Å². The van der Waals surface area contributed by atoms with Gasteiger partial charge in [0.25, 0.3) is 0 Å². The number of nitrogens with zero attached hydrogens (tertiary/aromatic N) is 1. The zero-order chi connectivity index (χ0) is 13.0. The van der Waals surface area contributed by atoms with E-state index < -0.39 is 11.6 Å². The number of hydrogen-bond acceptors (Lipinski definition) is 4. The molecule has 0 aliphatic heterocycles. The Morgan fingerprint density at radius 1 is 1.28 bits per heavy atom. The van der Waals surface area contributed by atoms with E-state index >= 15 is 0 Å². The van der Waals surface area contributed by atoms with Crippen molar-refractivity contribution in [1.29, 1.82) is 0 Å². The summed E-state index contributed by atoms with van der Waals surface area (Å²) in [6.07, 6.45) is 0.783. The topological polar surface area (TPSA) is 37.0 Å². The van der Waals surface area contributed by atoms with Crippen molar-refractivity contribution in [3.63, 3.8) is 0 Å². The fraction of sp³-hybridized carbons (Fsp3) is 0.250. The summed E-state index contributed by atoms with van der Waals surface area (Å²) in [5.41, 5.74) is 0. The van der Waals surface area contributed by atoms with Crippen molar-refractivity contribution in [2.75, 3.05) is 24.2 Å². The molecule has 0 amide bonds. The summed E-state index contributed by atoms with van der Waals surface area (Å²) in [5, 5.41) is 7.43. The molecule has 2 aromatic rings. The van der Waals surface area contributed by atoms with Crippen molar-refractivity contribution >= 4 is 23.0 Å². The van der Waals surface area contributed by atoms with E-state index in [0.717, 1.165) is 12.5 Å². The number of pyridine rings is 1. The summed E-state index contributed by atoms with van der Waals surface area (Å²) in [6, 6.07) is 4.81. The molecule has 0 aromatic carbocycles. The molecule has 0 bridgehead atoms. The van der Waals surface area contributed by atoms with Gasteiger partial charge in [0.1, 0.15) is 0 Å². The van der Waals surface area contributed by atoms with Crippen molar-refractivity contribution < 1.29 is 8.78 Å². The zero-order valence-corrected chi connectivity index (χ0v) is 10.7. The van der Waals surface area contributed by atoms with Crippen LogP contribution in [0.15, 0.2) is 23.6 Å². The van der Waals surface area contributed by atoms with Crippen molar-refractivity contribution in [3.05, 3.63) is 40.1 Å². The maximum atomic E-state index is 13.4. The first-order chi connectivity index (χ1) is 8.70. The van der Waals surface area contributed by atoms with Gasteiger partial charge in [-0.05, 0) is 17.9 Å². The van der Waals surface area contributed by atoms with E-state index in [2.05, 4.69) is 15.6 Å². The third-order valence-corrected chi connectivity index (χ3v) is 3.35. The van der Waals surface area contributed by atoms with Gasteiger partial charge >= 0.3 is 0 Å². The highest BCUT2D eigenvalue weighted by Gasteiger charge is 2.10. The Labute approximate surface area is 108 Å². The van der Waals surface area contributed by atoms with Crippen molar-refractivity contribution in [3.8, 4) is 0 Å². The average Bonchev–Trinajstić information content (AvgIpc) is 2.85. The molecule has 2 aromatic heterocycles. The van der Waals surface area contributed by atoms with Crippen LogP contribution in [0.1, 0.15) is 4.88 Å². The predicted molar refractivity (Wildman–Crippen MR) is 70.2 cm³/mol. The van der Waals surface area contributed by atoms with Crippen LogP contribution >= 0.6 is 11.3 Å². The minimum atomic E-state index is -0.696. The number of hydrogen-bond donors (Lipinski definition) is 2. The highest BCUT2D eigenvalue weighted by molar-refractivity contribution is 7.09. The van der Waals surface area contributed by atoms with Gasteiger partial charge in [0.05, 0.1) is 0 Å². The number of rotatable bonds is 5. The highest BCUT2D eigenvalue weighted by Crippen LogP contribution is 2.18. The average molecular weight is 269 g/mol. The summed E-state index contributed by atoms with van der Waals surface area (Å²) < 4.78 is 26.6. The standard InChI is InChI=1S/C12H13F2N3S/c1-15-11-9(13)7-10(14)12(17-11)16-5-4-8-3-2-6-18-8/h2-3,6-7H,4-5H2,1H3,(H2,15,16,17). The molecule has 2 rings (SSSR count). The summed E-state index contributed by atoms with van der Waals surface area (Å²) in [6.45, 7) is 0.555. The minimum Gasteiger partial charge on any atom is -0.371 e. The van der Waals surface area contributed by atoms with Gasteiger partial charge in [0, 0.05) is 24.5 Å². The predicted octanol–water partition coefficient (Wildman–Crippen LogP) is 3.12. The molecule has 6 heteroatoms. The van der Waals surface area contributed by atoms with Gasteiger partial charge in [0.2, 0.25) is 0 Å². The first-order valence-electron chi connectivity index (χ1n) is 5.50. The molecule has 0 saturated heterocycles. The van der Waals surface area contributed by atoms with Crippen LogP contribution in [0.4, 0.5) is 20.4 Å². The molecular weight excluding hydrogens is 256 g/mol. The summed E-state index contributed by atoms with van der Waals surface area (Å²) in [5.74, 6) is -1.27. The SMILES string of the molecule is CNc1nc(NCCc2cccs2)c(F)cc1F. The van der Waals surface area contributed by atoms with Crippen molar-refractivity contribution in [2.45, 2.75) is 6.42 Å². The van der Waals surface area contributed by atoms with Crippen molar-refractivity contribution in [1.82, 2.24) is 4.98 Å². The monoisotopic (exact) mass is 269 g/mol. The molecule has 0 saturated carbocycles. The van der Waals surface area contributed by atoms with Crippen molar-refractivity contribution in [2.24, 2.45) is 0 Å². The Hall–Kier alpha value is -1.69. The van der Waals surface area contributed by atoms with Gasteiger partial charge in [-0.1, -0.05) is 6.07 Å². The van der Waals surface area contributed by atoms with Crippen LogP contribution in [0.25, 0.3) is 0 Å². The number of halogens is 2. The number of thiophene rings is 1. The first kappa shape index (κ1) is 12.8. The Morgan fingerprint density at radius 3 is 2.72 bits per heavy atom. The number of aromatic nitrogens is 1. The van der Waals surface area contributed by atoms with E-state index in [9.17, 15) is 8.78 Å². The first-order valence-corrected chi connectivity index (χ1v) is 6.38. The third kappa shape index (κ3) is 2.95. The van der Waals surface area contributed by atoms with E-state index in [4.69, 9.17) is 0 Å². The van der Waals surface area contributed by atoms with Gasteiger partial charge < -0.3 is 10.6 Å².